The molecule has 18 bridgehead atoms. The Morgan fingerprint density at radius 2 is 0.364 bits per heavy atom. The van der Waals surface area contributed by atoms with Crippen LogP contribution in [-0.2, 0) is 0 Å². The molecule has 27 aliphatic rings. The lowest BCUT2D eigenvalue weighted by molar-refractivity contribution is 0.256. The molecule has 9 heteroatoms. The molecule has 24 saturated carbocycles. The fourth-order valence-corrected chi connectivity index (χ4v) is 51.5. The van der Waals surface area contributed by atoms with E-state index in [1.165, 1.54) is 57.8 Å². The third-order valence-electron chi connectivity index (χ3n) is 40.2. The molecule has 27 rings (SSSR count). The van der Waals surface area contributed by atoms with Crippen molar-refractivity contribution in [2.45, 2.75) is 291 Å². The molecule has 24 fully saturated rings. The Morgan fingerprint density at radius 3 is 0.646 bits per heavy atom. The lowest BCUT2D eigenvalue weighted by Crippen LogP contribution is -2.32. The highest BCUT2D eigenvalue weighted by Crippen LogP contribution is 2.74. The van der Waals surface area contributed by atoms with E-state index in [4.69, 9.17) is 37.9 Å². The molecule has 0 aromatic rings. The second-order valence-electron chi connectivity index (χ2n) is 43.1. The fraction of sp³-hybridized carbons (Fsp3) is 0.933. The van der Waals surface area contributed by atoms with Gasteiger partial charge >= 0.3 is 0 Å². The topological polar surface area (TPSA) is 0 Å². The van der Waals surface area contributed by atoms with Gasteiger partial charge in [0.25, 0.3) is 0 Å². The van der Waals surface area contributed by atoms with Crippen molar-refractivity contribution in [1.82, 2.24) is 0 Å². The van der Waals surface area contributed by atoms with E-state index in [0.29, 0.717) is 0 Å². The van der Waals surface area contributed by atoms with Gasteiger partial charge in [0.05, 0.1) is 0 Å². The number of rotatable bonds is 12. The van der Waals surface area contributed by atoms with Crippen LogP contribution in [0.1, 0.15) is 212 Å². The molecular weight excluding hydrogens is 1370 g/mol. The van der Waals surface area contributed by atoms with Crippen molar-refractivity contribution >= 4 is 108 Å². The van der Waals surface area contributed by atoms with Gasteiger partial charge in [0.2, 0.25) is 0 Å². The summed E-state index contributed by atoms with van der Waals surface area (Å²) in [5.41, 5.74) is 0. The third kappa shape index (κ3) is 10.2. The van der Waals surface area contributed by atoms with E-state index in [9.17, 15) is 0 Å². The van der Waals surface area contributed by atoms with Gasteiger partial charge in [-0.1, -0.05) is 36.5 Å². The zero-order chi connectivity index (χ0) is 64.3. The molecule has 51 atom stereocenters. The van der Waals surface area contributed by atoms with Crippen LogP contribution in [0.3, 0.4) is 0 Å². The van der Waals surface area contributed by atoms with E-state index in [1.54, 1.807) is 154 Å². The van der Waals surface area contributed by atoms with Crippen LogP contribution in [0.4, 0.5) is 0 Å². The molecule has 0 saturated heterocycles. The minimum absolute atomic E-state index is 0.730. The van der Waals surface area contributed by atoms with E-state index in [2.05, 4.69) is 107 Å². The Bertz CT molecular complexity index is 3220. The van der Waals surface area contributed by atoms with Gasteiger partial charge in [-0.05, 0) is 425 Å². The molecular formula is C90H126S9. The Balaban J connectivity index is 0.0000000882. The number of thioether (sulfide) groups is 6. The maximum absolute atomic E-state index is 4.90. The zero-order valence-corrected chi connectivity index (χ0v) is 67.6. The Kier molecular flexibility index (Phi) is 16.2. The van der Waals surface area contributed by atoms with Crippen LogP contribution in [0.25, 0.3) is 0 Å². The van der Waals surface area contributed by atoms with Gasteiger partial charge in [-0.15, -0.1) is 0 Å². The summed E-state index contributed by atoms with van der Waals surface area (Å²) >= 11 is 29.9. The quantitative estimate of drug-likeness (QED) is 0.131. The first-order chi connectivity index (χ1) is 48.6. The van der Waals surface area contributed by atoms with Gasteiger partial charge in [0.1, 0.15) is 0 Å². The van der Waals surface area contributed by atoms with Crippen molar-refractivity contribution in [1.29, 1.82) is 0 Å². The molecule has 0 aromatic carbocycles. The first-order valence-electron chi connectivity index (χ1n) is 44.5. The Labute approximate surface area is 642 Å². The predicted molar refractivity (Wildman–Crippen MR) is 435 cm³/mol. The molecule has 0 amide bonds. The van der Waals surface area contributed by atoms with E-state index < -0.39 is 0 Å². The van der Waals surface area contributed by atoms with Crippen molar-refractivity contribution in [3.05, 3.63) is 36.5 Å². The van der Waals surface area contributed by atoms with Gasteiger partial charge in [0, 0.05) is 78.7 Å². The molecule has 0 aromatic heterocycles. The first-order valence-corrected chi connectivity index (χ1v) is 51.8. The highest BCUT2D eigenvalue weighted by Gasteiger charge is 2.66. The highest BCUT2D eigenvalue weighted by molar-refractivity contribution is 8.01. The normalized spacial score (nSPS) is 65.4. The fourth-order valence-electron chi connectivity index (χ4n) is 37.4. The largest absolute Gasteiger partial charge is 0.176 e. The molecule has 0 nitrogen and oxygen atoms in total. The predicted octanol–water partition coefficient (Wildman–Crippen LogP) is 22.8. The molecule has 0 aliphatic heterocycles. The van der Waals surface area contributed by atoms with Crippen LogP contribution >= 0.6 is 108 Å². The molecule has 27 aliphatic carbocycles. The van der Waals surface area contributed by atoms with Crippen LogP contribution < -0.4 is 0 Å². The molecule has 51 unspecified atom stereocenters. The maximum atomic E-state index is 4.90. The van der Waals surface area contributed by atoms with Crippen LogP contribution in [0.15, 0.2) is 36.5 Å². The Morgan fingerprint density at radius 1 is 0.172 bits per heavy atom. The number of hydrogen-bond donors (Lipinski definition) is 3. The van der Waals surface area contributed by atoms with E-state index in [0.717, 1.165) is 292 Å². The minimum Gasteiger partial charge on any atom is -0.176 e. The van der Waals surface area contributed by atoms with Crippen LogP contribution in [0, 0.1) is 213 Å². The molecule has 0 N–H and O–H groups in total. The van der Waals surface area contributed by atoms with Crippen molar-refractivity contribution in [3.63, 3.8) is 0 Å². The van der Waals surface area contributed by atoms with Gasteiger partial charge in [-0.2, -0.15) is 108 Å². The zero-order valence-electron chi connectivity index (χ0n) is 60.0. The summed E-state index contributed by atoms with van der Waals surface area (Å²) in [5, 5.41) is 14.6. The molecule has 0 heterocycles. The van der Waals surface area contributed by atoms with Crippen molar-refractivity contribution < 1.29 is 0 Å². The van der Waals surface area contributed by atoms with E-state index in [-0.39, 0.29) is 0 Å². The second kappa shape index (κ2) is 24.7. The number of fused-ring (bicyclic) bond motifs is 45. The number of allylic oxidation sites excluding steroid dienone is 6. The second-order valence-corrected chi connectivity index (χ2v) is 54.3. The first kappa shape index (κ1) is 65.0. The summed E-state index contributed by atoms with van der Waals surface area (Å²) in [4.78, 5) is 0. The third-order valence-corrected chi connectivity index (χ3v) is 51.8. The van der Waals surface area contributed by atoms with Crippen molar-refractivity contribution in [3.8, 4) is 0 Å². The summed E-state index contributed by atoms with van der Waals surface area (Å²) in [6, 6.07) is 0. The van der Waals surface area contributed by atoms with Gasteiger partial charge in [-0.3, -0.25) is 0 Å². The lowest BCUT2D eigenvalue weighted by Gasteiger charge is -2.37. The van der Waals surface area contributed by atoms with Crippen LogP contribution in [0.2, 0.25) is 0 Å². The summed E-state index contributed by atoms with van der Waals surface area (Å²) in [7, 11) is 0. The number of thiol groups is 3. The molecule has 0 spiro atoms. The van der Waals surface area contributed by atoms with Crippen molar-refractivity contribution in [2.75, 3.05) is 0 Å². The van der Waals surface area contributed by atoms with Crippen LogP contribution in [-0.4, -0.2) is 78.7 Å². The van der Waals surface area contributed by atoms with Gasteiger partial charge in [-0.25, -0.2) is 0 Å². The summed E-state index contributed by atoms with van der Waals surface area (Å²) < 4.78 is 0. The molecule has 99 heavy (non-hydrogen) atoms. The summed E-state index contributed by atoms with van der Waals surface area (Å²) in [6.45, 7) is 0. The van der Waals surface area contributed by atoms with Crippen LogP contribution in [0.5, 0.6) is 0 Å². The van der Waals surface area contributed by atoms with Crippen molar-refractivity contribution in [2.24, 2.45) is 213 Å². The molecule has 0 radical (unpaired) electrons. The average Bonchev–Trinajstić information content (AvgIpc) is 1.58. The summed E-state index contributed by atoms with van der Waals surface area (Å²) in [5.74, 6) is 38.9. The van der Waals surface area contributed by atoms with Gasteiger partial charge in [0.15, 0.2) is 0 Å². The monoisotopic (exact) mass is 1490 g/mol. The van der Waals surface area contributed by atoms with E-state index >= 15 is 0 Å². The Hall–Kier alpha value is 2.37. The van der Waals surface area contributed by atoms with E-state index in [1.807, 2.05) is 0 Å². The standard InChI is InChI=1S/C30H44S4.C30H42S3.C30H40S2/c31-16-7-19-13-1-25(22(19)9-16)28(4-13)33-18-11-21-15-3-27(24(21)12-18)30(6-15)34-29-5-14-2-26(29)23-10-17(32)8-20(14)23;31-17-10-21-15-5-26(23(21)11-17)29(8-15)33-30-9-16-6-27(30)24-13-18(12-22(16)24)32-28-7-14-4-25(28)20-3-1-2-19(14)20;1-3-19-15-7-25(21(19)5-1)28(10-15)31-18-13-23-17-9-27(24(23)14-18)30(12-17)32-29-11-16-8-26(29)22-6-2-4-20(16)22/h13-32H,1-12H2;1,3,14-31H,2,4-13H2;1-2,5-6,15-30H,3-4,7-14H2. The SMILES string of the molecule is C1=CC2C(C1)C1CC(SC3CC4C5CC(SC6CC7CC6C6C=CCC76)C(C5)C4C3)C2C1.SC1CC2C3CC(SC4CC5C6CC(SC7CC8CC7C7CC(S)CC87)C(C6)C5C4)C(C3)C2C1.SC1CC2C3CC(SC4CC5CC4C4CC(SC6CC7CC6C6C=CCC76)CC54)C(C3)C2C1. The smallest absolute Gasteiger partial charge is 0.00867 e. The average molecular weight is 1500 g/mol. The molecule has 540 valence electrons. The highest BCUT2D eigenvalue weighted by atomic mass is 32.2. The minimum atomic E-state index is 0.730. The van der Waals surface area contributed by atoms with Gasteiger partial charge < -0.3 is 0 Å². The maximum Gasteiger partial charge on any atom is 0.00867 e. The lowest BCUT2D eigenvalue weighted by atomic mass is 9.81. The summed E-state index contributed by atoms with van der Waals surface area (Å²) in [6.07, 6.45) is 66.8. The number of hydrogen-bond acceptors (Lipinski definition) is 9.